The lowest BCUT2D eigenvalue weighted by Gasteiger charge is -2.24. The monoisotopic (exact) mass is 523 g/mol. The van der Waals surface area contributed by atoms with Crippen molar-refractivity contribution in [2.75, 3.05) is 24.6 Å². The fourth-order valence-corrected chi connectivity index (χ4v) is 4.68. The normalized spacial score (nSPS) is 11.2. The quantitative estimate of drug-likeness (QED) is 0.247. The standard InChI is InChI=1S/C27H29N3O6S/c1-19-8-12-25(13-9-19)37(33,34)30(23-11-10-20(2)21(3)14-23)17-26(31)29-28-16-22-6-5-7-24(15-22)36-18-27(32)35-4/h5-16H,17-18H2,1-4H3,(H,29,31)/b28-16-. The molecule has 1 amide bonds. The molecular weight excluding hydrogens is 494 g/mol. The fourth-order valence-electron chi connectivity index (χ4n) is 3.26. The smallest absolute Gasteiger partial charge is 0.343 e. The van der Waals surface area contributed by atoms with Crippen LogP contribution in [0.4, 0.5) is 5.69 Å². The molecule has 0 saturated heterocycles. The van der Waals surface area contributed by atoms with E-state index in [9.17, 15) is 18.0 Å². The van der Waals surface area contributed by atoms with Crippen molar-refractivity contribution in [1.82, 2.24) is 5.43 Å². The van der Waals surface area contributed by atoms with Crippen LogP contribution in [0.5, 0.6) is 5.75 Å². The Morgan fingerprint density at radius 2 is 1.70 bits per heavy atom. The number of nitrogens with zero attached hydrogens (tertiary/aromatic N) is 2. The number of aryl methyl sites for hydroxylation is 3. The van der Waals surface area contributed by atoms with Crippen molar-refractivity contribution < 1.29 is 27.5 Å². The molecule has 0 aliphatic carbocycles. The number of rotatable bonds is 10. The van der Waals surface area contributed by atoms with Gasteiger partial charge in [0.1, 0.15) is 12.3 Å². The summed E-state index contributed by atoms with van der Waals surface area (Å²) in [5.74, 6) is -0.714. The molecule has 3 aromatic carbocycles. The van der Waals surface area contributed by atoms with Crippen molar-refractivity contribution in [3.05, 3.63) is 89.0 Å². The predicted molar refractivity (Wildman–Crippen MR) is 141 cm³/mol. The van der Waals surface area contributed by atoms with E-state index in [1.807, 2.05) is 26.8 Å². The van der Waals surface area contributed by atoms with Crippen LogP contribution in [0.1, 0.15) is 22.3 Å². The second kappa shape index (κ2) is 12.2. The third-order valence-electron chi connectivity index (χ3n) is 5.52. The number of anilines is 1. The van der Waals surface area contributed by atoms with Crippen LogP contribution in [0.15, 0.2) is 76.7 Å². The van der Waals surface area contributed by atoms with E-state index in [4.69, 9.17) is 4.74 Å². The van der Waals surface area contributed by atoms with E-state index in [0.717, 1.165) is 21.0 Å². The molecule has 194 valence electrons. The molecule has 0 heterocycles. The Morgan fingerprint density at radius 3 is 2.38 bits per heavy atom. The van der Waals surface area contributed by atoms with E-state index < -0.39 is 28.4 Å². The van der Waals surface area contributed by atoms with Gasteiger partial charge in [-0.2, -0.15) is 5.10 Å². The lowest BCUT2D eigenvalue weighted by Crippen LogP contribution is -2.39. The Balaban J connectivity index is 1.77. The molecular formula is C27H29N3O6S. The molecule has 0 spiro atoms. The zero-order valence-corrected chi connectivity index (χ0v) is 21.9. The number of hydrogen-bond acceptors (Lipinski definition) is 7. The summed E-state index contributed by atoms with van der Waals surface area (Å²) in [5.41, 5.74) is 6.17. The van der Waals surface area contributed by atoms with Gasteiger partial charge in [-0.25, -0.2) is 18.6 Å². The summed E-state index contributed by atoms with van der Waals surface area (Å²) in [4.78, 5) is 24.1. The van der Waals surface area contributed by atoms with E-state index in [1.54, 1.807) is 48.5 Å². The molecule has 0 fully saturated rings. The van der Waals surface area contributed by atoms with E-state index in [-0.39, 0.29) is 11.5 Å². The highest BCUT2D eigenvalue weighted by molar-refractivity contribution is 7.92. The first-order valence-electron chi connectivity index (χ1n) is 11.4. The van der Waals surface area contributed by atoms with Gasteiger partial charge in [0.25, 0.3) is 15.9 Å². The lowest BCUT2D eigenvalue weighted by molar-refractivity contribution is -0.142. The molecule has 0 aliphatic rings. The summed E-state index contributed by atoms with van der Waals surface area (Å²) >= 11 is 0. The summed E-state index contributed by atoms with van der Waals surface area (Å²) in [6, 6.07) is 18.4. The van der Waals surface area contributed by atoms with Crippen molar-refractivity contribution in [3.8, 4) is 5.75 Å². The number of sulfonamides is 1. The van der Waals surface area contributed by atoms with Crippen molar-refractivity contribution in [3.63, 3.8) is 0 Å². The van der Waals surface area contributed by atoms with Crippen LogP contribution in [-0.2, 0) is 24.3 Å². The highest BCUT2D eigenvalue weighted by Crippen LogP contribution is 2.26. The van der Waals surface area contributed by atoms with E-state index >= 15 is 0 Å². The van der Waals surface area contributed by atoms with Gasteiger partial charge in [-0.3, -0.25) is 9.10 Å². The molecule has 0 aliphatic heterocycles. The molecule has 1 N–H and O–H groups in total. The van der Waals surface area contributed by atoms with Gasteiger partial charge in [0, 0.05) is 0 Å². The van der Waals surface area contributed by atoms with Gasteiger partial charge in [-0.1, -0.05) is 35.9 Å². The van der Waals surface area contributed by atoms with Crippen molar-refractivity contribution in [2.45, 2.75) is 25.7 Å². The number of hydrogen-bond donors (Lipinski definition) is 1. The van der Waals surface area contributed by atoms with Gasteiger partial charge in [-0.05, 0) is 73.9 Å². The third kappa shape index (κ3) is 7.40. The van der Waals surface area contributed by atoms with E-state index in [0.29, 0.717) is 17.0 Å². The maximum Gasteiger partial charge on any atom is 0.343 e. The molecule has 0 bridgehead atoms. The number of esters is 1. The Kier molecular flexibility index (Phi) is 9.02. The number of methoxy groups -OCH3 is 1. The van der Waals surface area contributed by atoms with Crippen LogP contribution in [0.3, 0.4) is 0 Å². The topological polar surface area (TPSA) is 114 Å². The van der Waals surface area contributed by atoms with Gasteiger partial charge in [0.2, 0.25) is 0 Å². The number of carbonyl (C=O) groups excluding carboxylic acids is 2. The van der Waals surface area contributed by atoms with Crippen LogP contribution >= 0.6 is 0 Å². The summed E-state index contributed by atoms with van der Waals surface area (Å²) in [7, 11) is -2.76. The van der Waals surface area contributed by atoms with Crippen LogP contribution in [-0.4, -0.2) is 46.8 Å². The fraction of sp³-hybridized carbons (Fsp3) is 0.222. The Bertz CT molecular complexity index is 1400. The molecule has 0 saturated carbocycles. The van der Waals surface area contributed by atoms with E-state index in [1.165, 1.54) is 25.5 Å². The maximum absolute atomic E-state index is 13.5. The molecule has 0 aromatic heterocycles. The SMILES string of the molecule is COC(=O)COc1cccc(/C=N\NC(=O)CN(c2ccc(C)c(C)c2)S(=O)(=O)c2ccc(C)cc2)c1. The number of benzene rings is 3. The lowest BCUT2D eigenvalue weighted by atomic mass is 10.1. The van der Waals surface area contributed by atoms with Crippen molar-refractivity contribution in [1.29, 1.82) is 0 Å². The molecule has 10 heteroatoms. The Morgan fingerprint density at radius 1 is 0.973 bits per heavy atom. The molecule has 3 aromatic rings. The van der Waals surface area contributed by atoms with Crippen molar-refractivity contribution in [2.24, 2.45) is 5.10 Å². The molecule has 3 rings (SSSR count). The summed E-state index contributed by atoms with van der Waals surface area (Å²) in [5, 5.41) is 3.95. The van der Waals surface area contributed by atoms with Gasteiger partial charge >= 0.3 is 5.97 Å². The highest BCUT2D eigenvalue weighted by Gasteiger charge is 2.27. The first-order valence-corrected chi connectivity index (χ1v) is 12.8. The van der Waals surface area contributed by atoms with Gasteiger partial charge < -0.3 is 9.47 Å². The first-order chi connectivity index (χ1) is 17.6. The Hall–Kier alpha value is -4.18. The summed E-state index contributed by atoms with van der Waals surface area (Å²) < 4.78 is 37.9. The second-order valence-electron chi connectivity index (χ2n) is 8.32. The minimum Gasteiger partial charge on any atom is -0.482 e. The van der Waals surface area contributed by atoms with Crippen LogP contribution in [0.25, 0.3) is 0 Å². The largest absolute Gasteiger partial charge is 0.482 e. The zero-order chi connectivity index (χ0) is 27.0. The minimum atomic E-state index is -4.03. The van der Waals surface area contributed by atoms with Gasteiger partial charge in [0.05, 0.1) is 23.9 Å². The summed E-state index contributed by atoms with van der Waals surface area (Å²) in [6.45, 7) is 4.96. The maximum atomic E-state index is 13.5. The molecule has 0 atom stereocenters. The number of carbonyl (C=O) groups is 2. The van der Waals surface area contributed by atoms with Gasteiger partial charge in [0.15, 0.2) is 6.61 Å². The minimum absolute atomic E-state index is 0.0800. The van der Waals surface area contributed by atoms with Crippen LogP contribution < -0.4 is 14.5 Å². The number of ether oxygens (including phenoxy) is 2. The average molecular weight is 524 g/mol. The predicted octanol–water partition coefficient (Wildman–Crippen LogP) is 3.51. The van der Waals surface area contributed by atoms with Crippen molar-refractivity contribution >= 4 is 33.8 Å². The molecule has 0 radical (unpaired) electrons. The van der Waals surface area contributed by atoms with Crippen LogP contribution in [0, 0.1) is 20.8 Å². The summed E-state index contributed by atoms with van der Waals surface area (Å²) in [6.07, 6.45) is 1.39. The van der Waals surface area contributed by atoms with Crippen LogP contribution in [0.2, 0.25) is 0 Å². The Labute approximate surface area is 216 Å². The third-order valence-corrected chi connectivity index (χ3v) is 7.31. The molecule has 0 unspecified atom stereocenters. The number of nitrogens with one attached hydrogen (secondary N) is 1. The van der Waals surface area contributed by atoms with Gasteiger partial charge in [-0.15, -0.1) is 0 Å². The highest BCUT2D eigenvalue weighted by atomic mass is 32.2. The molecule has 37 heavy (non-hydrogen) atoms. The van der Waals surface area contributed by atoms with E-state index in [2.05, 4.69) is 15.3 Å². The first kappa shape index (κ1) is 27.4. The average Bonchev–Trinajstić information content (AvgIpc) is 2.88. The number of hydrazone groups is 1. The molecule has 9 nitrogen and oxygen atoms in total. The zero-order valence-electron chi connectivity index (χ0n) is 21.1. The number of amides is 1. The second-order valence-corrected chi connectivity index (χ2v) is 10.2.